The van der Waals surface area contributed by atoms with Crippen molar-refractivity contribution >= 4 is 5.69 Å². The average molecular weight is 255 g/mol. The van der Waals surface area contributed by atoms with Gasteiger partial charge in [-0.3, -0.25) is 0 Å². The lowest BCUT2D eigenvalue weighted by molar-refractivity contribution is -0.268. The van der Waals surface area contributed by atoms with Crippen LogP contribution in [0.1, 0.15) is 6.92 Å². The van der Waals surface area contributed by atoms with Crippen molar-refractivity contribution in [1.29, 1.82) is 0 Å². The van der Waals surface area contributed by atoms with Crippen LogP contribution in [0.2, 0.25) is 0 Å². The molecule has 1 aliphatic heterocycles. The third-order valence-corrected chi connectivity index (χ3v) is 2.94. The topological polar surface area (TPSA) is 105 Å². The summed E-state index contributed by atoms with van der Waals surface area (Å²) in [6.07, 6.45) is -5.39. The molecule has 1 heterocycles. The summed E-state index contributed by atoms with van der Waals surface area (Å²) in [7, 11) is 0. The average Bonchev–Trinajstić information content (AvgIpc) is 2.36. The molecule has 0 spiro atoms. The van der Waals surface area contributed by atoms with E-state index in [4.69, 9.17) is 15.2 Å². The number of hydrogen-bond donors (Lipinski definition) is 4. The Morgan fingerprint density at radius 2 is 1.67 bits per heavy atom. The molecule has 2 rings (SSSR count). The number of aliphatic hydroxyl groups is 3. The van der Waals surface area contributed by atoms with Crippen molar-refractivity contribution in [2.45, 2.75) is 37.6 Å². The van der Waals surface area contributed by atoms with E-state index in [1.54, 1.807) is 31.2 Å². The van der Waals surface area contributed by atoms with Crippen LogP contribution in [0.5, 0.6) is 5.75 Å². The predicted octanol–water partition coefficient (Wildman–Crippen LogP) is -0.525. The summed E-state index contributed by atoms with van der Waals surface area (Å²) in [4.78, 5) is 0. The van der Waals surface area contributed by atoms with Crippen LogP contribution in [0.25, 0.3) is 0 Å². The number of ether oxygens (including phenoxy) is 2. The molecule has 1 aromatic carbocycles. The minimum Gasteiger partial charge on any atom is -0.462 e. The zero-order valence-electron chi connectivity index (χ0n) is 9.93. The SMILES string of the molecule is C[C@@H]1O[C@H](Oc2ccc(N)cc2)[C@H](O)[C@@H](O)[C@H]1O. The summed E-state index contributed by atoms with van der Waals surface area (Å²) in [6.45, 7) is 1.60. The molecule has 0 unspecified atom stereocenters. The van der Waals surface area contributed by atoms with Crippen LogP contribution in [0.3, 0.4) is 0 Å². The zero-order valence-corrected chi connectivity index (χ0v) is 9.93. The van der Waals surface area contributed by atoms with Crippen molar-refractivity contribution in [3.8, 4) is 5.75 Å². The molecule has 0 bridgehead atoms. The van der Waals surface area contributed by atoms with Gasteiger partial charge in [-0.25, -0.2) is 0 Å². The number of aliphatic hydroxyl groups excluding tert-OH is 3. The molecular formula is C12H17NO5. The van der Waals surface area contributed by atoms with Gasteiger partial charge in [0.1, 0.15) is 24.1 Å². The summed E-state index contributed by atoms with van der Waals surface area (Å²) < 4.78 is 10.7. The van der Waals surface area contributed by atoms with Crippen LogP contribution < -0.4 is 10.5 Å². The first-order valence-electron chi connectivity index (χ1n) is 5.71. The highest BCUT2D eigenvalue weighted by atomic mass is 16.7. The number of benzene rings is 1. The minimum absolute atomic E-state index is 0.462. The van der Waals surface area contributed by atoms with E-state index in [0.29, 0.717) is 11.4 Å². The van der Waals surface area contributed by atoms with E-state index in [1.165, 1.54) is 0 Å². The van der Waals surface area contributed by atoms with Crippen LogP contribution >= 0.6 is 0 Å². The normalized spacial score (nSPS) is 36.3. The second-order valence-electron chi connectivity index (χ2n) is 4.37. The number of rotatable bonds is 2. The van der Waals surface area contributed by atoms with Crippen LogP contribution in [0.4, 0.5) is 5.69 Å². The van der Waals surface area contributed by atoms with Crippen LogP contribution in [-0.2, 0) is 4.74 Å². The van der Waals surface area contributed by atoms with Crippen molar-refractivity contribution in [3.63, 3.8) is 0 Å². The van der Waals surface area contributed by atoms with Gasteiger partial charge in [-0.05, 0) is 31.2 Å². The molecule has 5 N–H and O–H groups in total. The molecule has 18 heavy (non-hydrogen) atoms. The molecule has 1 aromatic rings. The Morgan fingerprint density at radius 1 is 1.06 bits per heavy atom. The molecule has 5 atom stereocenters. The molecule has 0 radical (unpaired) electrons. The quantitative estimate of drug-likeness (QED) is 0.530. The number of nitrogen functional groups attached to an aromatic ring is 1. The fourth-order valence-corrected chi connectivity index (χ4v) is 1.79. The van der Waals surface area contributed by atoms with Gasteiger partial charge in [0.15, 0.2) is 0 Å². The number of hydrogen-bond acceptors (Lipinski definition) is 6. The molecule has 6 nitrogen and oxygen atoms in total. The van der Waals surface area contributed by atoms with Gasteiger partial charge in [0.2, 0.25) is 6.29 Å². The first kappa shape index (κ1) is 13.1. The Hall–Kier alpha value is -1.34. The second kappa shape index (κ2) is 5.11. The first-order chi connectivity index (χ1) is 8.49. The lowest BCUT2D eigenvalue weighted by atomic mass is 10.00. The summed E-state index contributed by atoms with van der Waals surface area (Å²) in [5.41, 5.74) is 6.13. The Labute approximate surface area is 105 Å². The van der Waals surface area contributed by atoms with E-state index in [-0.39, 0.29) is 0 Å². The zero-order chi connectivity index (χ0) is 13.3. The van der Waals surface area contributed by atoms with Crippen molar-refractivity contribution in [2.75, 3.05) is 5.73 Å². The fourth-order valence-electron chi connectivity index (χ4n) is 1.79. The molecule has 0 amide bonds. The van der Waals surface area contributed by atoms with Crippen molar-refractivity contribution in [3.05, 3.63) is 24.3 Å². The van der Waals surface area contributed by atoms with Gasteiger partial charge in [-0.15, -0.1) is 0 Å². The Bertz CT molecular complexity index is 396. The third-order valence-electron chi connectivity index (χ3n) is 2.94. The lowest BCUT2D eigenvalue weighted by Crippen LogP contribution is -2.58. The summed E-state index contributed by atoms with van der Waals surface area (Å²) in [5.74, 6) is 0.462. The van der Waals surface area contributed by atoms with Crippen molar-refractivity contribution in [2.24, 2.45) is 0 Å². The van der Waals surface area contributed by atoms with E-state index in [2.05, 4.69) is 0 Å². The fraction of sp³-hybridized carbons (Fsp3) is 0.500. The largest absolute Gasteiger partial charge is 0.462 e. The molecule has 0 saturated carbocycles. The van der Waals surface area contributed by atoms with Crippen molar-refractivity contribution < 1.29 is 24.8 Å². The number of nitrogens with two attached hydrogens (primary N) is 1. The van der Waals surface area contributed by atoms with Crippen LogP contribution in [-0.4, -0.2) is 46.0 Å². The first-order valence-corrected chi connectivity index (χ1v) is 5.71. The highest BCUT2D eigenvalue weighted by molar-refractivity contribution is 5.41. The van der Waals surface area contributed by atoms with Gasteiger partial charge >= 0.3 is 0 Å². The standard InChI is InChI=1S/C12H17NO5/c1-6-9(14)10(15)11(16)12(17-6)18-8-4-2-7(13)3-5-8/h2-6,9-12,14-16H,13H2,1H3/t6-,9-,10-,11+,12+/m0/s1. The lowest BCUT2D eigenvalue weighted by Gasteiger charge is -2.38. The van der Waals surface area contributed by atoms with Gasteiger partial charge in [0.05, 0.1) is 6.10 Å². The van der Waals surface area contributed by atoms with Gasteiger partial charge < -0.3 is 30.5 Å². The third kappa shape index (κ3) is 2.56. The van der Waals surface area contributed by atoms with Gasteiger partial charge in [-0.2, -0.15) is 0 Å². The van der Waals surface area contributed by atoms with E-state index < -0.39 is 30.7 Å². The highest BCUT2D eigenvalue weighted by Crippen LogP contribution is 2.24. The van der Waals surface area contributed by atoms with Crippen molar-refractivity contribution in [1.82, 2.24) is 0 Å². The van der Waals surface area contributed by atoms with E-state index in [9.17, 15) is 15.3 Å². The molecule has 1 saturated heterocycles. The molecule has 1 fully saturated rings. The van der Waals surface area contributed by atoms with Gasteiger partial charge in [-0.1, -0.05) is 0 Å². The summed E-state index contributed by atoms with van der Waals surface area (Å²) in [5, 5.41) is 28.9. The van der Waals surface area contributed by atoms with Gasteiger partial charge in [0.25, 0.3) is 0 Å². The van der Waals surface area contributed by atoms with E-state index >= 15 is 0 Å². The second-order valence-corrected chi connectivity index (χ2v) is 4.37. The Balaban J connectivity index is 2.06. The summed E-state index contributed by atoms with van der Waals surface area (Å²) >= 11 is 0. The summed E-state index contributed by atoms with van der Waals surface area (Å²) in [6, 6.07) is 6.57. The molecule has 0 aliphatic carbocycles. The Morgan fingerprint density at radius 3 is 2.28 bits per heavy atom. The predicted molar refractivity (Wildman–Crippen MR) is 63.8 cm³/mol. The van der Waals surface area contributed by atoms with Gasteiger partial charge in [0, 0.05) is 5.69 Å². The van der Waals surface area contributed by atoms with E-state index in [1.807, 2.05) is 0 Å². The van der Waals surface area contributed by atoms with Crippen LogP contribution in [0, 0.1) is 0 Å². The number of anilines is 1. The highest BCUT2D eigenvalue weighted by Gasteiger charge is 2.43. The smallest absolute Gasteiger partial charge is 0.229 e. The molecule has 0 aromatic heterocycles. The molecule has 1 aliphatic rings. The molecule has 6 heteroatoms. The Kier molecular flexibility index (Phi) is 3.72. The molecule has 100 valence electrons. The molecular weight excluding hydrogens is 238 g/mol. The maximum absolute atomic E-state index is 9.76. The maximum atomic E-state index is 9.76. The maximum Gasteiger partial charge on any atom is 0.229 e. The monoisotopic (exact) mass is 255 g/mol. The minimum atomic E-state index is -1.31. The van der Waals surface area contributed by atoms with E-state index in [0.717, 1.165) is 0 Å². The van der Waals surface area contributed by atoms with Crippen LogP contribution in [0.15, 0.2) is 24.3 Å².